The topological polar surface area (TPSA) is 55.1 Å². The molecule has 0 aliphatic rings. The zero-order valence-electron chi connectivity index (χ0n) is 13.4. The predicted molar refractivity (Wildman–Crippen MR) is 96.4 cm³/mol. The number of nitrogens with two attached hydrogens (primary N) is 1. The van der Waals surface area contributed by atoms with Gasteiger partial charge in [0.2, 0.25) is 5.91 Å². The highest BCUT2D eigenvalue weighted by Crippen LogP contribution is 2.36. The molecule has 0 radical (unpaired) electrons. The van der Waals surface area contributed by atoms with E-state index in [0.717, 1.165) is 16.7 Å². The monoisotopic (exact) mass is 316 g/mol. The van der Waals surface area contributed by atoms with Crippen molar-refractivity contribution in [1.82, 2.24) is 5.32 Å². The lowest BCUT2D eigenvalue weighted by molar-refractivity contribution is -0.117. The zero-order valence-corrected chi connectivity index (χ0v) is 13.4. The van der Waals surface area contributed by atoms with Crippen LogP contribution in [-0.2, 0) is 10.3 Å². The van der Waals surface area contributed by atoms with Gasteiger partial charge in [-0.2, -0.15) is 0 Å². The molecule has 0 aliphatic heterocycles. The summed E-state index contributed by atoms with van der Waals surface area (Å²) in [6, 6.07) is 30.3. The van der Waals surface area contributed by atoms with Crippen LogP contribution in [0.15, 0.2) is 91.0 Å². The summed E-state index contributed by atoms with van der Waals surface area (Å²) < 4.78 is 0. The van der Waals surface area contributed by atoms with Crippen molar-refractivity contribution in [3.63, 3.8) is 0 Å². The molecule has 3 nitrogen and oxygen atoms in total. The summed E-state index contributed by atoms with van der Waals surface area (Å²) in [5.74, 6) is -0.387. The van der Waals surface area contributed by atoms with Crippen LogP contribution in [-0.4, -0.2) is 12.5 Å². The summed E-state index contributed by atoms with van der Waals surface area (Å²) in [6.07, 6.45) is 0. The average molecular weight is 316 g/mol. The highest BCUT2D eigenvalue weighted by atomic mass is 16.1. The van der Waals surface area contributed by atoms with Crippen molar-refractivity contribution in [1.29, 1.82) is 0 Å². The Morgan fingerprint density at radius 1 is 0.708 bits per heavy atom. The molecule has 0 unspecified atom stereocenters. The van der Waals surface area contributed by atoms with E-state index in [1.165, 1.54) is 0 Å². The van der Waals surface area contributed by atoms with Gasteiger partial charge in [0.25, 0.3) is 0 Å². The molecular weight excluding hydrogens is 296 g/mol. The van der Waals surface area contributed by atoms with E-state index in [-0.39, 0.29) is 12.5 Å². The fraction of sp³-hybridized carbons (Fsp3) is 0.0952. The molecule has 0 fully saturated rings. The first-order valence-corrected chi connectivity index (χ1v) is 7.93. The maximum atomic E-state index is 11.5. The van der Waals surface area contributed by atoms with Crippen molar-refractivity contribution in [2.45, 2.75) is 5.54 Å². The number of nitrogens with one attached hydrogen (secondary N) is 1. The van der Waals surface area contributed by atoms with Gasteiger partial charge in [0.05, 0.1) is 12.1 Å². The second-order valence-electron chi connectivity index (χ2n) is 5.67. The third-order valence-electron chi connectivity index (χ3n) is 4.15. The summed E-state index contributed by atoms with van der Waals surface area (Å²) >= 11 is 0. The quantitative estimate of drug-likeness (QED) is 0.687. The molecule has 3 aromatic rings. The summed E-state index contributed by atoms with van der Waals surface area (Å²) in [5, 5.41) is 3.41. The van der Waals surface area contributed by atoms with Crippen LogP contribution in [0, 0.1) is 0 Å². The molecule has 0 bridgehead atoms. The highest BCUT2D eigenvalue weighted by Gasteiger charge is 2.35. The van der Waals surface area contributed by atoms with Crippen LogP contribution in [0.1, 0.15) is 16.7 Å². The van der Waals surface area contributed by atoms with Gasteiger partial charge >= 0.3 is 0 Å². The van der Waals surface area contributed by atoms with E-state index in [9.17, 15) is 4.79 Å². The van der Waals surface area contributed by atoms with Crippen molar-refractivity contribution < 1.29 is 4.79 Å². The van der Waals surface area contributed by atoms with Crippen LogP contribution < -0.4 is 11.1 Å². The minimum Gasteiger partial charge on any atom is -0.369 e. The molecule has 3 rings (SSSR count). The lowest BCUT2D eigenvalue weighted by Gasteiger charge is -2.36. The Kier molecular flexibility index (Phi) is 4.73. The third-order valence-corrected chi connectivity index (χ3v) is 4.15. The normalized spacial score (nSPS) is 11.2. The van der Waals surface area contributed by atoms with Gasteiger partial charge < -0.3 is 5.73 Å². The van der Waals surface area contributed by atoms with E-state index < -0.39 is 5.54 Å². The van der Waals surface area contributed by atoms with E-state index in [2.05, 4.69) is 41.7 Å². The number of carbonyl (C=O) groups excluding carboxylic acids is 1. The van der Waals surface area contributed by atoms with Gasteiger partial charge in [0.15, 0.2) is 0 Å². The molecule has 0 saturated carbocycles. The Morgan fingerprint density at radius 2 is 1.04 bits per heavy atom. The van der Waals surface area contributed by atoms with E-state index >= 15 is 0 Å². The van der Waals surface area contributed by atoms with Crippen molar-refractivity contribution in [3.05, 3.63) is 108 Å². The van der Waals surface area contributed by atoms with Gasteiger partial charge in [-0.1, -0.05) is 91.0 Å². The molecule has 24 heavy (non-hydrogen) atoms. The van der Waals surface area contributed by atoms with Crippen molar-refractivity contribution in [2.75, 3.05) is 6.54 Å². The Hall–Kier alpha value is -2.91. The number of hydrogen-bond acceptors (Lipinski definition) is 2. The van der Waals surface area contributed by atoms with Crippen LogP contribution in [0.3, 0.4) is 0 Å². The largest absolute Gasteiger partial charge is 0.369 e. The van der Waals surface area contributed by atoms with Crippen LogP contribution in [0.5, 0.6) is 0 Å². The van der Waals surface area contributed by atoms with Gasteiger partial charge in [-0.25, -0.2) is 0 Å². The van der Waals surface area contributed by atoms with Crippen LogP contribution in [0.2, 0.25) is 0 Å². The molecule has 0 heterocycles. The van der Waals surface area contributed by atoms with Gasteiger partial charge in [-0.15, -0.1) is 0 Å². The Labute approximate surface area is 142 Å². The van der Waals surface area contributed by atoms with E-state index in [1.54, 1.807) is 0 Å². The fourth-order valence-corrected chi connectivity index (χ4v) is 3.09. The summed E-state index contributed by atoms with van der Waals surface area (Å²) in [5.41, 5.74) is 7.97. The summed E-state index contributed by atoms with van der Waals surface area (Å²) in [6.45, 7) is 0.0820. The maximum Gasteiger partial charge on any atom is 0.231 e. The van der Waals surface area contributed by atoms with Crippen LogP contribution >= 0.6 is 0 Å². The SMILES string of the molecule is NC(=O)CNC(c1ccccc1)(c1ccccc1)c1ccccc1. The Bertz CT molecular complexity index is 689. The molecule has 1 amide bonds. The van der Waals surface area contributed by atoms with Crippen molar-refractivity contribution in [2.24, 2.45) is 5.73 Å². The average Bonchev–Trinajstić information content (AvgIpc) is 2.65. The molecule has 0 aliphatic carbocycles. The summed E-state index contributed by atoms with van der Waals surface area (Å²) in [4.78, 5) is 11.5. The Balaban J connectivity index is 2.26. The first-order chi connectivity index (χ1) is 11.7. The number of primary amides is 1. The minimum atomic E-state index is -0.640. The summed E-state index contributed by atoms with van der Waals surface area (Å²) in [7, 11) is 0. The number of benzene rings is 3. The van der Waals surface area contributed by atoms with Crippen LogP contribution in [0.4, 0.5) is 0 Å². The third kappa shape index (κ3) is 3.07. The molecule has 3 aromatic carbocycles. The van der Waals surface area contributed by atoms with Gasteiger partial charge in [0, 0.05) is 0 Å². The van der Waals surface area contributed by atoms with Gasteiger partial charge in [0.1, 0.15) is 0 Å². The molecule has 0 saturated heterocycles. The number of carbonyl (C=O) groups is 1. The molecule has 0 atom stereocenters. The molecule has 3 N–H and O–H groups in total. The van der Waals surface area contributed by atoms with Crippen LogP contribution in [0.25, 0.3) is 0 Å². The predicted octanol–water partition coefficient (Wildman–Crippen LogP) is 3.05. The smallest absolute Gasteiger partial charge is 0.231 e. The van der Waals surface area contributed by atoms with E-state index in [1.807, 2.05) is 54.6 Å². The van der Waals surface area contributed by atoms with Gasteiger partial charge in [-0.3, -0.25) is 10.1 Å². The molecule has 0 spiro atoms. The van der Waals surface area contributed by atoms with Crippen molar-refractivity contribution in [3.8, 4) is 0 Å². The number of amides is 1. The molecule has 0 aromatic heterocycles. The van der Waals surface area contributed by atoms with E-state index in [4.69, 9.17) is 5.73 Å². The molecule has 3 heteroatoms. The maximum absolute atomic E-state index is 11.5. The number of hydrogen-bond donors (Lipinski definition) is 2. The lowest BCUT2D eigenvalue weighted by atomic mass is 9.77. The first kappa shape index (κ1) is 16.0. The second kappa shape index (κ2) is 7.11. The molecular formula is C21H20N2O. The first-order valence-electron chi connectivity index (χ1n) is 7.93. The highest BCUT2D eigenvalue weighted by molar-refractivity contribution is 5.76. The second-order valence-corrected chi connectivity index (χ2v) is 5.67. The van der Waals surface area contributed by atoms with Gasteiger partial charge in [-0.05, 0) is 16.7 Å². The standard InChI is InChI=1S/C21H20N2O/c22-20(24)16-23-21(17-10-4-1-5-11-17,18-12-6-2-7-13-18)19-14-8-3-9-15-19/h1-15,23H,16H2,(H2,22,24). The minimum absolute atomic E-state index is 0.0820. The van der Waals surface area contributed by atoms with Crippen molar-refractivity contribution >= 4 is 5.91 Å². The Morgan fingerprint density at radius 3 is 1.33 bits per heavy atom. The number of rotatable bonds is 6. The zero-order chi connectivity index (χ0) is 16.8. The lowest BCUT2D eigenvalue weighted by Crippen LogP contribution is -2.48. The molecule has 120 valence electrons. The van der Waals surface area contributed by atoms with E-state index in [0.29, 0.717) is 0 Å². The fourth-order valence-electron chi connectivity index (χ4n) is 3.09.